The van der Waals surface area contributed by atoms with E-state index in [1.165, 1.54) is 0 Å². The summed E-state index contributed by atoms with van der Waals surface area (Å²) in [7, 11) is 0. The summed E-state index contributed by atoms with van der Waals surface area (Å²) in [5.74, 6) is 0.772. The molecule has 8 heteroatoms. The van der Waals surface area contributed by atoms with Crippen LogP contribution in [0.3, 0.4) is 0 Å². The predicted molar refractivity (Wildman–Crippen MR) is 103 cm³/mol. The first-order valence-electron chi connectivity index (χ1n) is 9.05. The molecule has 0 saturated carbocycles. The maximum Gasteiger partial charge on any atom is 0.339 e. The molecule has 1 unspecified atom stereocenters. The van der Waals surface area contributed by atoms with E-state index >= 15 is 0 Å². The van der Waals surface area contributed by atoms with Crippen molar-refractivity contribution in [2.75, 3.05) is 18.5 Å². The molecule has 0 aliphatic carbocycles. The van der Waals surface area contributed by atoms with Crippen molar-refractivity contribution in [3.63, 3.8) is 0 Å². The predicted octanol–water partition coefficient (Wildman–Crippen LogP) is 3.54. The third kappa shape index (κ3) is 3.36. The molecule has 1 aliphatic heterocycles. The lowest BCUT2D eigenvalue weighted by Crippen LogP contribution is -2.17. The summed E-state index contributed by atoms with van der Waals surface area (Å²) >= 11 is 0. The highest BCUT2D eigenvalue weighted by atomic mass is 16.5. The molecule has 0 spiro atoms. The number of phenols is 1. The molecule has 2 heterocycles. The average molecular weight is 380 g/mol. The Bertz CT molecular complexity index is 996. The minimum absolute atomic E-state index is 0.0719. The van der Waals surface area contributed by atoms with Gasteiger partial charge < -0.3 is 24.6 Å². The van der Waals surface area contributed by atoms with Gasteiger partial charge in [-0.1, -0.05) is 23.3 Å². The average Bonchev–Trinajstić information content (AvgIpc) is 2.86. The van der Waals surface area contributed by atoms with Crippen LogP contribution in [0.25, 0.3) is 11.3 Å². The summed E-state index contributed by atoms with van der Waals surface area (Å²) in [5.41, 5.74) is 2.95. The van der Waals surface area contributed by atoms with Crippen LogP contribution in [0.15, 0.2) is 42.5 Å². The van der Waals surface area contributed by atoms with E-state index in [0.717, 1.165) is 16.8 Å². The number of aromatic hydroxyl groups is 1. The van der Waals surface area contributed by atoms with Gasteiger partial charge in [-0.2, -0.15) is 4.98 Å². The van der Waals surface area contributed by atoms with Crippen LogP contribution in [-0.4, -0.2) is 33.5 Å². The summed E-state index contributed by atoms with van der Waals surface area (Å²) in [5, 5.41) is 21.6. The number of para-hydroxylation sites is 1. The first-order valence-corrected chi connectivity index (χ1v) is 9.05. The van der Waals surface area contributed by atoms with Crippen LogP contribution in [0, 0.1) is 0 Å². The zero-order chi connectivity index (χ0) is 19.5. The standard InChI is InChI=1S/C20H20N4O4/c1-3-26-16-11-12(9-10-15(16)25)18-21-14-8-6-5-7-13(14)17-19(28-18)22-20(24-23-17)27-4-2/h5-11,18,21,25H,3-4H2,1-2H3. The largest absolute Gasteiger partial charge is 0.504 e. The van der Waals surface area contributed by atoms with E-state index in [4.69, 9.17) is 14.2 Å². The SMILES string of the molecule is CCOc1nnc2c(n1)OC(c1ccc(O)c(OCC)c1)Nc1ccccc1-2. The van der Waals surface area contributed by atoms with Gasteiger partial charge in [0.05, 0.1) is 13.2 Å². The lowest BCUT2D eigenvalue weighted by Gasteiger charge is -2.20. The fourth-order valence-electron chi connectivity index (χ4n) is 2.95. The molecule has 2 N–H and O–H groups in total. The molecule has 0 radical (unpaired) electrons. The van der Waals surface area contributed by atoms with E-state index in [9.17, 15) is 5.11 Å². The molecule has 8 nitrogen and oxygen atoms in total. The van der Waals surface area contributed by atoms with Crippen molar-refractivity contribution < 1.29 is 19.3 Å². The number of aromatic nitrogens is 3. The summed E-state index contributed by atoms with van der Waals surface area (Å²) in [6, 6.07) is 12.9. The van der Waals surface area contributed by atoms with Gasteiger partial charge in [0, 0.05) is 16.8 Å². The van der Waals surface area contributed by atoms with Crippen molar-refractivity contribution in [2.24, 2.45) is 0 Å². The Morgan fingerprint density at radius 3 is 2.71 bits per heavy atom. The Morgan fingerprint density at radius 1 is 1.07 bits per heavy atom. The van der Waals surface area contributed by atoms with E-state index in [1.807, 2.05) is 38.1 Å². The summed E-state index contributed by atoms with van der Waals surface area (Å²) in [6.07, 6.45) is -0.576. The second-order valence-electron chi connectivity index (χ2n) is 6.03. The normalized spacial score (nSPS) is 14.7. The van der Waals surface area contributed by atoms with Crippen LogP contribution in [-0.2, 0) is 0 Å². The number of anilines is 1. The first kappa shape index (κ1) is 17.8. The summed E-state index contributed by atoms with van der Waals surface area (Å²) in [4.78, 5) is 4.38. The Labute approximate surface area is 162 Å². The number of phenolic OH excluding ortho intramolecular Hbond substituents is 1. The number of hydrogen-bond donors (Lipinski definition) is 2. The maximum absolute atomic E-state index is 10.00. The number of hydrogen-bond acceptors (Lipinski definition) is 8. The van der Waals surface area contributed by atoms with Gasteiger partial charge in [-0.05, 0) is 38.1 Å². The molecule has 1 aromatic heterocycles. The van der Waals surface area contributed by atoms with Crippen molar-refractivity contribution in [1.82, 2.24) is 15.2 Å². The van der Waals surface area contributed by atoms with Crippen LogP contribution in [0.4, 0.5) is 5.69 Å². The topological polar surface area (TPSA) is 98.6 Å². The quantitative estimate of drug-likeness (QED) is 0.693. The molecule has 3 aromatic rings. The Kier molecular flexibility index (Phi) is 4.84. The molecular formula is C20H20N4O4. The molecule has 1 atom stereocenters. The van der Waals surface area contributed by atoms with Crippen molar-refractivity contribution in [3.05, 3.63) is 48.0 Å². The molecule has 4 rings (SSSR count). The first-order chi connectivity index (χ1) is 13.7. The third-order valence-electron chi connectivity index (χ3n) is 4.19. The van der Waals surface area contributed by atoms with Crippen LogP contribution < -0.4 is 19.5 Å². The minimum Gasteiger partial charge on any atom is -0.504 e. The number of nitrogens with zero attached hydrogens (tertiary/aromatic N) is 3. The highest BCUT2D eigenvalue weighted by Crippen LogP contribution is 2.40. The third-order valence-corrected chi connectivity index (χ3v) is 4.19. The lowest BCUT2D eigenvalue weighted by molar-refractivity contribution is 0.219. The molecule has 0 amide bonds. The van der Waals surface area contributed by atoms with Gasteiger partial charge >= 0.3 is 6.01 Å². The van der Waals surface area contributed by atoms with Gasteiger partial charge in [0.15, 0.2) is 23.4 Å². The van der Waals surface area contributed by atoms with Crippen molar-refractivity contribution in [2.45, 2.75) is 20.1 Å². The number of ether oxygens (including phenoxy) is 3. The molecule has 2 aromatic carbocycles. The zero-order valence-corrected chi connectivity index (χ0v) is 15.5. The lowest BCUT2D eigenvalue weighted by atomic mass is 10.1. The number of nitrogens with one attached hydrogen (secondary N) is 1. The molecule has 0 fully saturated rings. The van der Waals surface area contributed by atoms with Gasteiger partial charge in [0.1, 0.15) is 0 Å². The number of benzene rings is 2. The van der Waals surface area contributed by atoms with Gasteiger partial charge in [0.25, 0.3) is 0 Å². The van der Waals surface area contributed by atoms with Crippen molar-refractivity contribution >= 4 is 5.69 Å². The van der Waals surface area contributed by atoms with E-state index in [2.05, 4.69) is 20.5 Å². The van der Waals surface area contributed by atoms with Crippen LogP contribution in [0.5, 0.6) is 23.4 Å². The van der Waals surface area contributed by atoms with E-state index in [0.29, 0.717) is 30.5 Å². The monoisotopic (exact) mass is 380 g/mol. The number of rotatable bonds is 5. The molecule has 0 bridgehead atoms. The highest BCUT2D eigenvalue weighted by Gasteiger charge is 2.26. The molecule has 28 heavy (non-hydrogen) atoms. The van der Waals surface area contributed by atoms with Crippen LogP contribution in [0.1, 0.15) is 25.6 Å². The van der Waals surface area contributed by atoms with Crippen LogP contribution in [0.2, 0.25) is 0 Å². The van der Waals surface area contributed by atoms with Gasteiger partial charge in [-0.3, -0.25) is 0 Å². The summed E-state index contributed by atoms with van der Waals surface area (Å²) < 4.78 is 17.0. The minimum atomic E-state index is -0.576. The zero-order valence-electron chi connectivity index (χ0n) is 15.5. The fraction of sp³-hybridized carbons (Fsp3) is 0.250. The summed E-state index contributed by atoms with van der Waals surface area (Å²) in [6.45, 7) is 4.57. The van der Waals surface area contributed by atoms with Gasteiger partial charge in [-0.25, -0.2) is 0 Å². The van der Waals surface area contributed by atoms with E-state index in [-0.39, 0.29) is 11.8 Å². The van der Waals surface area contributed by atoms with E-state index < -0.39 is 6.23 Å². The van der Waals surface area contributed by atoms with Crippen molar-refractivity contribution in [3.8, 4) is 34.6 Å². The Morgan fingerprint density at radius 2 is 1.89 bits per heavy atom. The second-order valence-corrected chi connectivity index (χ2v) is 6.03. The van der Waals surface area contributed by atoms with Gasteiger partial charge in [-0.15, -0.1) is 5.10 Å². The van der Waals surface area contributed by atoms with Gasteiger partial charge in [0.2, 0.25) is 5.88 Å². The fourth-order valence-corrected chi connectivity index (χ4v) is 2.95. The van der Waals surface area contributed by atoms with E-state index in [1.54, 1.807) is 18.2 Å². The maximum atomic E-state index is 10.00. The second kappa shape index (κ2) is 7.59. The number of fused-ring (bicyclic) bond motifs is 3. The Hall–Kier alpha value is -3.55. The van der Waals surface area contributed by atoms with Crippen LogP contribution >= 0.6 is 0 Å². The highest BCUT2D eigenvalue weighted by molar-refractivity contribution is 5.79. The van der Waals surface area contributed by atoms with Crippen molar-refractivity contribution in [1.29, 1.82) is 0 Å². The Balaban J connectivity index is 1.79. The molecular weight excluding hydrogens is 360 g/mol. The smallest absolute Gasteiger partial charge is 0.339 e. The molecule has 144 valence electrons. The molecule has 0 saturated heterocycles. The molecule has 1 aliphatic rings.